The van der Waals surface area contributed by atoms with Crippen LogP contribution in [0.3, 0.4) is 0 Å². The predicted molar refractivity (Wildman–Crippen MR) is 104 cm³/mol. The van der Waals surface area contributed by atoms with Crippen LogP contribution in [-0.4, -0.2) is 44.2 Å². The molecule has 7 heteroatoms. The average Bonchev–Trinajstić information content (AvgIpc) is 2.73. The van der Waals surface area contributed by atoms with Gasteiger partial charge in [0.05, 0.1) is 10.8 Å². The molecule has 1 saturated heterocycles. The molecule has 0 aliphatic carbocycles. The number of sulfonamides is 1. The van der Waals surface area contributed by atoms with Crippen LogP contribution < -0.4 is 0 Å². The van der Waals surface area contributed by atoms with Crippen molar-refractivity contribution in [2.75, 3.05) is 19.7 Å². The first-order valence-electron chi connectivity index (χ1n) is 9.19. The van der Waals surface area contributed by atoms with E-state index in [-0.39, 0.29) is 30.4 Å². The topological polar surface area (TPSA) is 80.8 Å². The minimum atomic E-state index is -3.56. The lowest BCUT2D eigenvalue weighted by Gasteiger charge is -2.30. The van der Waals surface area contributed by atoms with Crippen LogP contribution in [0.5, 0.6) is 0 Å². The zero-order valence-electron chi connectivity index (χ0n) is 15.7. The quantitative estimate of drug-likeness (QED) is 0.549. The standard InChI is InChI=1S/C21H23NO5S/c1-16-7-9-19(10-8-16)28(25,26)22-13-11-18(12-14-22)21(24)27-15-20(23)17-5-3-2-4-6-17/h2-10,18H,11-15H2,1H3. The van der Waals surface area contributed by atoms with Crippen molar-refractivity contribution in [3.8, 4) is 0 Å². The monoisotopic (exact) mass is 401 g/mol. The van der Waals surface area contributed by atoms with Crippen LogP contribution >= 0.6 is 0 Å². The molecule has 3 rings (SSSR count). The molecular weight excluding hydrogens is 378 g/mol. The van der Waals surface area contributed by atoms with Gasteiger partial charge in [-0.2, -0.15) is 4.31 Å². The average molecular weight is 401 g/mol. The Kier molecular flexibility index (Phi) is 6.26. The Morgan fingerprint density at radius 3 is 2.21 bits per heavy atom. The van der Waals surface area contributed by atoms with Crippen molar-refractivity contribution in [1.29, 1.82) is 0 Å². The molecule has 2 aromatic carbocycles. The first-order chi connectivity index (χ1) is 13.4. The number of ketones is 1. The van der Waals surface area contributed by atoms with Crippen LogP contribution in [0.15, 0.2) is 59.5 Å². The number of esters is 1. The van der Waals surface area contributed by atoms with E-state index < -0.39 is 21.9 Å². The van der Waals surface area contributed by atoms with Gasteiger partial charge in [-0.05, 0) is 31.9 Å². The van der Waals surface area contributed by atoms with Gasteiger partial charge in [0, 0.05) is 18.7 Å². The third-order valence-electron chi connectivity index (χ3n) is 4.89. The van der Waals surface area contributed by atoms with Gasteiger partial charge in [-0.1, -0.05) is 48.0 Å². The van der Waals surface area contributed by atoms with Gasteiger partial charge in [0.2, 0.25) is 10.0 Å². The molecule has 148 valence electrons. The number of carbonyl (C=O) groups is 2. The first-order valence-corrected chi connectivity index (χ1v) is 10.6. The van der Waals surface area contributed by atoms with E-state index in [4.69, 9.17) is 4.74 Å². The van der Waals surface area contributed by atoms with Crippen molar-refractivity contribution < 1.29 is 22.7 Å². The number of hydrogen-bond acceptors (Lipinski definition) is 5. The molecule has 0 bridgehead atoms. The lowest BCUT2D eigenvalue weighted by Crippen LogP contribution is -2.40. The fourth-order valence-corrected chi connectivity index (χ4v) is 4.62. The summed E-state index contributed by atoms with van der Waals surface area (Å²) < 4.78 is 32.0. The van der Waals surface area contributed by atoms with E-state index in [9.17, 15) is 18.0 Å². The van der Waals surface area contributed by atoms with Crippen LogP contribution in [-0.2, 0) is 19.6 Å². The van der Waals surface area contributed by atoms with Crippen molar-refractivity contribution in [2.45, 2.75) is 24.7 Å². The lowest BCUT2D eigenvalue weighted by atomic mass is 9.98. The molecule has 1 aliphatic heterocycles. The molecule has 0 aromatic heterocycles. The van der Waals surface area contributed by atoms with Crippen LogP contribution in [0, 0.1) is 12.8 Å². The number of hydrogen-bond donors (Lipinski definition) is 0. The van der Waals surface area contributed by atoms with E-state index in [1.54, 1.807) is 54.6 Å². The Bertz CT molecular complexity index is 931. The molecular formula is C21H23NO5S. The number of piperidine rings is 1. The normalized spacial score (nSPS) is 15.9. The van der Waals surface area contributed by atoms with E-state index in [0.717, 1.165) is 5.56 Å². The number of aryl methyl sites for hydroxylation is 1. The first kappa shape index (κ1) is 20.2. The van der Waals surface area contributed by atoms with Crippen molar-refractivity contribution in [3.05, 3.63) is 65.7 Å². The van der Waals surface area contributed by atoms with Crippen molar-refractivity contribution in [2.24, 2.45) is 5.92 Å². The minimum Gasteiger partial charge on any atom is -0.457 e. The summed E-state index contributed by atoms with van der Waals surface area (Å²) in [5, 5.41) is 0. The smallest absolute Gasteiger partial charge is 0.309 e. The Hall–Kier alpha value is -2.51. The maximum absolute atomic E-state index is 12.7. The number of ether oxygens (including phenoxy) is 1. The second-order valence-electron chi connectivity index (χ2n) is 6.89. The summed E-state index contributed by atoms with van der Waals surface area (Å²) in [5.74, 6) is -1.10. The maximum atomic E-state index is 12.7. The molecule has 1 heterocycles. The van der Waals surface area contributed by atoms with Crippen LogP contribution in [0.25, 0.3) is 0 Å². The number of nitrogens with zero attached hydrogens (tertiary/aromatic N) is 1. The van der Waals surface area contributed by atoms with E-state index in [0.29, 0.717) is 18.4 Å². The highest BCUT2D eigenvalue weighted by molar-refractivity contribution is 7.89. The molecule has 0 N–H and O–H groups in total. The van der Waals surface area contributed by atoms with E-state index in [2.05, 4.69) is 0 Å². The van der Waals surface area contributed by atoms with Gasteiger partial charge < -0.3 is 4.74 Å². The van der Waals surface area contributed by atoms with Gasteiger partial charge in [0.25, 0.3) is 0 Å². The van der Waals surface area contributed by atoms with Crippen molar-refractivity contribution >= 4 is 21.8 Å². The molecule has 0 unspecified atom stereocenters. The summed E-state index contributed by atoms with van der Waals surface area (Å²) in [6.07, 6.45) is 0.757. The lowest BCUT2D eigenvalue weighted by molar-refractivity contribution is -0.148. The SMILES string of the molecule is Cc1ccc(S(=O)(=O)N2CCC(C(=O)OCC(=O)c3ccccc3)CC2)cc1. The summed E-state index contributed by atoms with van der Waals surface area (Å²) in [6.45, 7) is 2.10. The molecule has 0 saturated carbocycles. The molecule has 6 nitrogen and oxygen atoms in total. The van der Waals surface area contributed by atoms with Crippen molar-refractivity contribution in [1.82, 2.24) is 4.31 Å². The molecule has 2 aromatic rings. The van der Waals surface area contributed by atoms with Crippen LogP contribution in [0.1, 0.15) is 28.8 Å². The third kappa shape index (κ3) is 4.66. The second-order valence-corrected chi connectivity index (χ2v) is 8.83. The molecule has 1 aliphatic rings. The van der Waals surface area contributed by atoms with Gasteiger partial charge in [-0.15, -0.1) is 0 Å². The van der Waals surface area contributed by atoms with E-state index >= 15 is 0 Å². The predicted octanol–water partition coefficient (Wildman–Crippen LogP) is 2.82. The van der Waals surface area contributed by atoms with Gasteiger partial charge in [0.15, 0.2) is 12.4 Å². The van der Waals surface area contributed by atoms with Crippen LogP contribution in [0.2, 0.25) is 0 Å². The summed E-state index contributed by atoms with van der Waals surface area (Å²) in [7, 11) is -3.56. The number of Topliss-reactive ketones (excluding diaryl/α,β-unsaturated/α-hetero) is 1. The van der Waals surface area contributed by atoms with Crippen LogP contribution in [0.4, 0.5) is 0 Å². The Morgan fingerprint density at radius 1 is 1.00 bits per heavy atom. The van der Waals surface area contributed by atoms with Gasteiger partial charge in [-0.3, -0.25) is 9.59 Å². The van der Waals surface area contributed by atoms with Gasteiger partial charge in [0.1, 0.15) is 0 Å². The van der Waals surface area contributed by atoms with E-state index in [1.807, 2.05) is 6.92 Å². The Balaban J connectivity index is 1.52. The maximum Gasteiger partial charge on any atom is 0.309 e. The van der Waals surface area contributed by atoms with Crippen molar-refractivity contribution in [3.63, 3.8) is 0 Å². The third-order valence-corrected chi connectivity index (χ3v) is 6.80. The zero-order chi connectivity index (χ0) is 20.1. The fourth-order valence-electron chi connectivity index (χ4n) is 3.15. The highest BCUT2D eigenvalue weighted by atomic mass is 32.2. The number of rotatable bonds is 6. The highest BCUT2D eigenvalue weighted by Crippen LogP contribution is 2.25. The number of carbonyl (C=O) groups excluding carboxylic acids is 2. The molecule has 0 radical (unpaired) electrons. The summed E-state index contributed by atoms with van der Waals surface area (Å²) in [6, 6.07) is 15.4. The second kappa shape index (κ2) is 8.67. The Morgan fingerprint density at radius 2 is 1.61 bits per heavy atom. The number of benzene rings is 2. The Labute approximate surface area is 165 Å². The van der Waals surface area contributed by atoms with E-state index in [1.165, 1.54) is 4.31 Å². The summed E-state index contributed by atoms with van der Waals surface area (Å²) >= 11 is 0. The highest BCUT2D eigenvalue weighted by Gasteiger charge is 2.33. The largest absolute Gasteiger partial charge is 0.457 e. The summed E-state index contributed by atoms with van der Waals surface area (Å²) in [5.41, 5.74) is 1.49. The molecule has 0 amide bonds. The summed E-state index contributed by atoms with van der Waals surface area (Å²) in [4.78, 5) is 24.5. The minimum absolute atomic E-state index is 0.253. The molecule has 0 spiro atoms. The molecule has 28 heavy (non-hydrogen) atoms. The fraction of sp³-hybridized carbons (Fsp3) is 0.333. The zero-order valence-corrected chi connectivity index (χ0v) is 16.5. The van der Waals surface area contributed by atoms with Gasteiger partial charge in [-0.25, -0.2) is 8.42 Å². The molecule has 1 fully saturated rings. The molecule has 0 atom stereocenters. The van der Waals surface area contributed by atoms with Gasteiger partial charge >= 0.3 is 5.97 Å².